The van der Waals surface area contributed by atoms with Gasteiger partial charge in [-0.15, -0.1) is 34.2 Å². The Kier molecular flexibility index (Phi) is 13.7. The molecule has 67 heavy (non-hydrogen) atoms. The molecule has 6 heterocycles. The topological polar surface area (TPSA) is 207 Å². The molecule has 1 aliphatic rings. The van der Waals surface area contributed by atoms with Crippen molar-refractivity contribution in [3.05, 3.63) is 145 Å². The van der Waals surface area contributed by atoms with Crippen molar-refractivity contribution in [3.63, 3.8) is 0 Å². The Balaban J connectivity index is 0.812. The molecule has 3 amide bonds. The maximum absolute atomic E-state index is 13.6. The molecular weight excluding hydrogens is 889 g/mol. The summed E-state index contributed by atoms with van der Waals surface area (Å²) in [6, 6.07) is 21.2. The number of hydrogen-bond donors (Lipinski definition) is 4. The highest BCUT2D eigenvalue weighted by Crippen LogP contribution is 2.29. The third kappa shape index (κ3) is 10.5. The van der Waals surface area contributed by atoms with Crippen molar-refractivity contribution >= 4 is 62.8 Å². The molecule has 18 heteroatoms. The first-order chi connectivity index (χ1) is 32.3. The summed E-state index contributed by atoms with van der Waals surface area (Å²) in [6.45, 7) is 6.55. The minimum atomic E-state index is -1.16. The zero-order chi connectivity index (χ0) is 47.2. The minimum Gasteiger partial charge on any atom is -0.388 e. The largest absolute Gasteiger partial charge is 0.388 e. The molecule has 0 aliphatic carbocycles. The molecule has 7 aromatic rings. The van der Waals surface area contributed by atoms with Crippen molar-refractivity contribution in [1.29, 1.82) is 0 Å². The van der Waals surface area contributed by atoms with E-state index in [9.17, 15) is 29.1 Å². The zero-order valence-electron chi connectivity index (χ0n) is 36.7. The zero-order valence-corrected chi connectivity index (χ0v) is 38.4. The van der Waals surface area contributed by atoms with Crippen molar-refractivity contribution < 1.29 is 19.5 Å². The van der Waals surface area contributed by atoms with Gasteiger partial charge < -0.3 is 20.6 Å². The predicted octanol–water partition coefficient (Wildman–Crippen LogP) is 4.36. The number of thiophene rings is 1. The number of nitrogens with one attached hydrogen (secondary N) is 2. The van der Waals surface area contributed by atoms with Gasteiger partial charge in [0, 0.05) is 36.1 Å². The van der Waals surface area contributed by atoms with Crippen LogP contribution in [0.4, 0.5) is 0 Å². The summed E-state index contributed by atoms with van der Waals surface area (Å²) in [5, 5.41) is 25.4. The van der Waals surface area contributed by atoms with Gasteiger partial charge >= 0.3 is 0 Å². The van der Waals surface area contributed by atoms with E-state index in [0.29, 0.717) is 70.4 Å². The molecule has 8 rings (SSSR count). The highest BCUT2D eigenvalue weighted by Gasteiger charge is 2.35. The van der Waals surface area contributed by atoms with E-state index in [1.54, 1.807) is 35.4 Å². The number of amides is 3. The summed E-state index contributed by atoms with van der Waals surface area (Å²) in [5.74, 6) is 11.1. The van der Waals surface area contributed by atoms with Gasteiger partial charge in [0.2, 0.25) is 5.91 Å². The quantitative estimate of drug-likeness (QED) is 0.0862. The Labute approximate surface area is 393 Å². The summed E-state index contributed by atoms with van der Waals surface area (Å²) < 4.78 is 2.74. The lowest BCUT2D eigenvalue weighted by Crippen LogP contribution is -2.49. The fourth-order valence-corrected chi connectivity index (χ4v) is 9.05. The summed E-state index contributed by atoms with van der Waals surface area (Å²) in [5.41, 5.74) is 1.68. The van der Waals surface area contributed by atoms with E-state index in [2.05, 4.69) is 72.1 Å². The molecule has 0 spiro atoms. The van der Waals surface area contributed by atoms with Crippen molar-refractivity contribution in [1.82, 2.24) is 49.8 Å². The van der Waals surface area contributed by atoms with Gasteiger partial charge in [0.1, 0.15) is 10.6 Å². The Morgan fingerprint density at radius 3 is 2.24 bits per heavy atom. The van der Waals surface area contributed by atoms with E-state index in [1.807, 2.05) is 57.2 Å². The number of carbonyl (C=O) groups is 3. The molecule has 0 bridgehead atoms. The van der Waals surface area contributed by atoms with E-state index < -0.39 is 17.4 Å². The number of benzene rings is 2. The lowest BCUT2D eigenvalue weighted by Gasteiger charge is -2.38. The van der Waals surface area contributed by atoms with Gasteiger partial charge in [-0.2, -0.15) is 0 Å². The number of thiol groups is 1. The Hall–Kier alpha value is -7.51. The van der Waals surface area contributed by atoms with Gasteiger partial charge in [-0.05, 0) is 86.2 Å². The first-order valence-corrected chi connectivity index (χ1v) is 22.6. The number of carbonyl (C=O) groups excluding carboxylic acids is 3. The molecule has 1 atom stereocenters. The number of fused-ring (bicyclic) bond motifs is 2. The SMILES string of the molecule is Cc1ccnc(-n2c(S)nc3sc(C)c(C#CCNC(=O)c4ccc(C(=O)NCC#Cc5ccc6c(=O)n(CC7(O)CCN(C(=O)C[C@@H](C)c8ccccc8)CC7)cnc6c5)nn4)c3c2=O)c1. The number of pyridine rings is 1. The molecule has 1 saturated heterocycles. The molecule has 0 radical (unpaired) electrons. The number of hydrogen-bond acceptors (Lipinski definition) is 13. The van der Waals surface area contributed by atoms with E-state index >= 15 is 0 Å². The maximum Gasteiger partial charge on any atom is 0.272 e. The second kappa shape index (κ2) is 19.9. The highest BCUT2D eigenvalue weighted by molar-refractivity contribution is 7.80. The van der Waals surface area contributed by atoms with Crippen LogP contribution in [0.5, 0.6) is 0 Å². The van der Waals surface area contributed by atoms with Crippen LogP contribution < -0.4 is 21.8 Å². The molecule has 5 aromatic heterocycles. The van der Waals surface area contributed by atoms with Crippen molar-refractivity contribution in [2.24, 2.45) is 0 Å². The fourth-order valence-electron chi connectivity index (χ4n) is 7.72. The van der Waals surface area contributed by atoms with E-state index in [0.717, 1.165) is 16.0 Å². The fraction of sp³-hybridized carbons (Fsp3) is 0.265. The Bertz CT molecular complexity index is 3300. The van der Waals surface area contributed by atoms with Crippen LogP contribution in [0.1, 0.15) is 80.2 Å². The van der Waals surface area contributed by atoms with Crippen molar-refractivity contribution in [2.75, 3.05) is 26.2 Å². The van der Waals surface area contributed by atoms with Crippen LogP contribution in [0, 0.1) is 37.5 Å². The van der Waals surface area contributed by atoms with Crippen LogP contribution in [0.2, 0.25) is 0 Å². The molecule has 1 aliphatic heterocycles. The number of piperidine rings is 1. The van der Waals surface area contributed by atoms with Crippen LogP contribution in [-0.4, -0.2) is 93.8 Å². The van der Waals surface area contributed by atoms with Crippen molar-refractivity contribution in [3.8, 4) is 29.5 Å². The molecule has 2 aromatic carbocycles. The lowest BCUT2D eigenvalue weighted by molar-refractivity contribution is -0.136. The van der Waals surface area contributed by atoms with Gasteiger partial charge in [0.25, 0.3) is 22.9 Å². The first-order valence-electron chi connectivity index (χ1n) is 21.4. The van der Waals surface area contributed by atoms with Crippen molar-refractivity contribution in [2.45, 2.75) is 63.3 Å². The van der Waals surface area contributed by atoms with Crippen LogP contribution in [-0.2, 0) is 11.3 Å². The van der Waals surface area contributed by atoms with Gasteiger partial charge in [-0.3, -0.25) is 28.5 Å². The second-order valence-electron chi connectivity index (χ2n) is 16.3. The van der Waals surface area contributed by atoms with E-state index in [-0.39, 0.29) is 59.1 Å². The van der Waals surface area contributed by atoms with Crippen LogP contribution in [0.3, 0.4) is 0 Å². The van der Waals surface area contributed by atoms with Gasteiger partial charge in [0.05, 0.1) is 53.4 Å². The van der Waals surface area contributed by atoms with Gasteiger partial charge in [-0.25, -0.2) is 19.5 Å². The molecule has 16 nitrogen and oxygen atoms in total. The van der Waals surface area contributed by atoms with Crippen LogP contribution in [0.15, 0.2) is 100 Å². The minimum absolute atomic E-state index is 0.0224. The average Bonchev–Trinajstić information content (AvgIpc) is 3.64. The summed E-state index contributed by atoms with van der Waals surface area (Å²) in [4.78, 5) is 82.0. The predicted molar refractivity (Wildman–Crippen MR) is 256 cm³/mol. The number of aliphatic hydroxyl groups is 1. The first kappa shape index (κ1) is 46.0. The van der Waals surface area contributed by atoms with Crippen LogP contribution in [0.25, 0.3) is 26.9 Å². The van der Waals surface area contributed by atoms with Crippen LogP contribution >= 0.6 is 24.0 Å². The molecule has 0 unspecified atom stereocenters. The van der Waals surface area contributed by atoms with Gasteiger partial charge in [0.15, 0.2) is 16.5 Å². The van der Waals surface area contributed by atoms with E-state index in [1.165, 1.54) is 38.9 Å². The third-order valence-electron chi connectivity index (χ3n) is 11.5. The van der Waals surface area contributed by atoms with Gasteiger partial charge in [-0.1, -0.05) is 60.9 Å². The summed E-state index contributed by atoms with van der Waals surface area (Å²) >= 11 is 5.76. The number of likely N-dealkylation sites (tertiary alicyclic amines) is 1. The lowest BCUT2D eigenvalue weighted by atomic mass is 9.90. The Morgan fingerprint density at radius 1 is 0.881 bits per heavy atom. The molecule has 3 N–H and O–H groups in total. The summed E-state index contributed by atoms with van der Waals surface area (Å²) in [6.07, 6.45) is 4.09. The molecule has 0 saturated carbocycles. The smallest absolute Gasteiger partial charge is 0.272 e. The number of aryl methyl sites for hydroxylation is 2. The monoisotopic (exact) mass is 932 g/mol. The van der Waals surface area contributed by atoms with E-state index in [4.69, 9.17) is 0 Å². The molecule has 1 fully saturated rings. The standard InChI is InChI=1S/C49H44N10O6S2/c1-30-17-22-50-40(25-30)59-47(64)42-35(32(3)67-45(42)54-48(59)66)12-8-21-52-44(62)38-16-15-37(55-56-38)43(61)51-20-7-9-33-13-14-36-39(27-33)53-29-58(46(36)63)28-49(65)18-23-57(24-19-49)41(60)26-31(2)34-10-5-4-6-11-34/h4-6,10-11,13-17,22,25,27,29,31,65H,18-21,23-24,26,28H2,1-3H3,(H,51,61)(H,52,62)(H,54,66)/t31-/m1/s1. The summed E-state index contributed by atoms with van der Waals surface area (Å²) in [7, 11) is 0. The third-order valence-corrected chi connectivity index (χ3v) is 12.8. The average molecular weight is 933 g/mol. The molecule has 338 valence electrons. The second-order valence-corrected chi connectivity index (χ2v) is 17.9. The maximum atomic E-state index is 13.6. The number of nitrogens with zero attached hydrogens (tertiary/aromatic N) is 8. The molecular formula is C49H44N10O6S2. The normalized spacial score (nSPS) is 13.5. The highest BCUT2D eigenvalue weighted by atomic mass is 32.1. The number of rotatable bonds is 10. The Morgan fingerprint density at radius 2 is 1.57 bits per heavy atom. The number of aromatic nitrogens is 7.